The van der Waals surface area contributed by atoms with Crippen LogP contribution in [0.3, 0.4) is 0 Å². The number of carbonyl (C=O) groups excluding carboxylic acids is 1. The van der Waals surface area contributed by atoms with Gasteiger partial charge in [-0.15, -0.1) is 0 Å². The third-order valence-corrected chi connectivity index (χ3v) is 4.64. The molecule has 0 saturated carbocycles. The highest BCUT2D eigenvalue weighted by molar-refractivity contribution is 7.86. The Kier molecular flexibility index (Phi) is 4.97. The Bertz CT molecular complexity index is 590. The molecule has 0 aliphatic carbocycles. The minimum Gasteiger partial charge on any atom is -0.378 e. The molecule has 1 fully saturated rings. The number of hydrogen-bond acceptors (Lipinski definition) is 5. The number of carbonyl (C=O) groups is 1. The summed E-state index contributed by atoms with van der Waals surface area (Å²) in [5.74, 6) is -0.339. The summed E-state index contributed by atoms with van der Waals surface area (Å²) in [4.78, 5) is 13.7. The number of benzene rings is 1. The zero-order chi connectivity index (χ0) is 15.5. The van der Waals surface area contributed by atoms with Gasteiger partial charge in [0.15, 0.2) is 6.10 Å². The number of ether oxygens (including phenoxy) is 1. The zero-order valence-electron chi connectivity index (χ0n) is 12.1. The summed E-state index contributed by atoms with van der Waals surface area (Å²) in [6.07, 6.45) is -1.05. The highest BCUT2D eigenvalue weighted by Gasteiger charge is 2.28. The first-order chi connectivity index (χ1) is 9.90. The first-order valence-electron chi connectivity index (χ1n) is 6.76. The molecule has 0 spiro atoms. The van der Waals surface area contributed by atoms with Gasteiger partial charge in [-0.2, -0.15) is 8.42 Å². The fraction of sp³-hybridized carbons (Fsp3) is 0.500. The number of aryl methyl sites for hydroxylation is 1. The second kappa shape index (κ2) is 6.55. The van der Waals surface area contributed by atoms with Gasteiger partial charge in [0, 0.05) is 13.1 Å². The predicted molar refractivity (Wildman–Crippen MR) is 76.3 cm³/mol. The van der Waals surface area contributed by atoms with Crippen molar-refractivity contribution < 1.29 is 22.1 Å². The van der Waals surface area contributed by atoms with Crippen molar-refractivity contribution in [2.24, 2.45) is 0 Å². The molecule has 1 unspecified atom stereocenters. The molecule has 6 nitrogen and oxygen atoms in total. The van der Waals surface area contributed by atoms with Crippen molar-refractivity contribution in [3.8, 4) is 0 Å². The number of hydrogen-bond donors (Lipinski definition) is 0. The van der Waals surface area contributed by atoms with E-state index in [1.165, 1.54) is 19.1 Å². The minimum atomic E-state index is -3.94. The van der Waals surface area contributed by atoms with Crippen LogP contribution < -0.4 is 0 Å². The summed E-state index contributed by atoms with van der Waals surface area (Å²) in [6, 6.07) is 6.31. The van der Waals surface area contributed by atoms with Crippen molar-refractivity contribution >= 4 is 16.0 Å². The molecule has 116 valence electrons. The summed E-state index contributed by atoms with van der Waals surface area (Å²) < 4.78 is 34.4. The molecule has 1 atom stereocenters. The van der Waals surface area contributed by atoms with Crippen molar-refractivity contribution in [1.82, 2.24) is 4.90 Å². The summed E-state index contributed by atoms with van der Waals surface area (Å²) >= 11 is 0. The second-order valence-corrected chi connectivity index (χ2v) is 6.52. The maximum atomic E-state index is 12.1. The quantitative estimate of drug-likeness (QED) is 0.774. The molecule has 0 radical (unpaired) electrons. The van der Waals surface area contributed by atoms with Crippen LogP contribution >= 0.6 is 0 Å². The smallest absolute Gasteiger partial charge is 0.297 e. The molecule has 1 aliphatic heterocycles. The predicted octanol–water partition coefficient (Wildman–Crippen LogP) is 0.948. The Hall–Kier alpha value is -1.44. The van der Waals surface area contributed by atoms with E-state index in [0.717, 1.165) is 5.56 Å². The van der Waals surface area contributed by atoms with Crippen molar-refractivity contribution in [3.05, 3.63) is 29.8 Å². The van der Waals surface area contributed by atoms with Crippen LogP contribution in [0.25, 0.3) is 0 Å². The van der Waals surface area contributed by atoms with Crippen LogP contribution in [0.2, 0.25) is 0 Å². The average molecular weight is 313 g/mol. The van der Waals surface area contributed by atoms with Gasteiger partial charge in [0.1, 0.15) is 0 Å². The van der Waals surface area contributed by atoms with Crippen LogP contribution in [-0.4, -0.2) is 51.6 Å². The standard InChI is InChI=1S/C14H19NO5S/c1-11-3-5-13(6-4-11)21(17,18)20-12(2)14(16)15-7-9-19-10-8-15/h3-6,12H,7-10H2,1-2H3. The summed E-state index contributed by atoms with van der Waals surface area (Å²) in [5.41, 5.74) is 0.950. The lowest BCUT2D eigenvalue weighted by molar-refractivity contribution is -0.141. The Morgan fingerprint density at radius 3 is 2.38 bits per heavy atom. The van der Waals surface area contributed by atoms with Gasteiger partial charge in [-0.05, 0) is 26.0 Å². The van der Waals surface area contributed by atoms with Gasteiger partial charge in [0.25, 0.3) is 16.0 Å². The summed E-state index contributed by atoms with van der Waals surface area (Å²) in [6.45, 7) is 5.14. The molecular formula is C14H19NO5S. The number of morpholine rings is 1. The van der Waals surface area contributed by atoms with Crippen LogP contribution in [0.4, 0.5) is 0 Å². The van der Waals surface area contributed by atoms with Gasteiger partial charge in [-0.1, -0.05) is 17.7 Å². The lowest BCUT2D eigenvalue weighted by Crippen LogP contribution is -2.46. The fourth-order valence-corrected chi connectivity index (χ4v) is 3.08. The lowest BCUT2D eigenvalue weighted by atomic mass is 10.2. The van der Waals surface area contributed by atoms with E-state index < -0.39 is 16.2 Å². The fourth-order valence-electron chi connectivity index (χ4n) is 2.03. The van der Waals surface area contributed by atoms with Crippen LogP contribution in [-0.2, 0) is 23.8 Å². The molecule has 0 N–H and O–H groups in total. The highest BCUT2D eigenvalue weighted by Crippen LogP contribution is 2.16. The Labute approximate surface area is 124 Å². The van der Waals surface area contributed by atoms with Crippen LogP contribution in [0, 0.1) is 6.92 Å². The van der Waals surface area contributed by atoms with E-state index in [4.69, 9.17) is 8.92 Å². The third kappa shape index (κ3) is 4.03. The van der Waals surface area contributed by atoms with Crippen LogP contribution in [0.15, 0.2) is 29.2 Å². The van der Waals surface area contributed by atoms with Crippen LogP contribution in [0.1, 0.15) is 12.5 Å². The van der Waals surface area contributed by atoms with Gasteiger partial charge in [-0.3, -0.25) is 8.98 Å². The van der Waals surface area contributed by atoms with Gasteiger partial charge < -0.3 is 9.64 Å². The SMILES string of the molecule is Cc1ccc(S(=O)(=O)OC(C)C(=O)N2CCOCC2)cc1. The van der Waals surface area contributed by atoms with Crippen molar-refractivity contribution in [3.63, 3.8) is 0 Å². The van der Waals surface area contributed by atoms with E-state index >= 15 is 0 Å². The molecule has 1 amide bonds. The van der Waals surface area contributed by atoms with E-state index in [-0.39, 0.29) is 10.8 Å². The lowest BCUT2D eigenvalue weighted by Gasteiger charge is -2.28. The third-order valence-electron chi connectivity index (χ3n) is 3.25. The van der Waals surface area contributed by atoms with Crippen molar-refractivity contribution in [2.45, 2.75) is 24.8 Å². The molecule has 21 heavy (non-hydrogen) atoms. The molecule has 1 heterocycles. The number of rotatable bonds is 4. The monoisotopic (exact) mass is 313 g/mol. The Morgan fingerprint density at radius 2 is 1.81 bits per heavy atom. The van der Waals surface area contributed by atoms with Crippen LogP contribution in [0.5, 0.6) is 0 Å². The molecule has 1 aromatic rings. The normalized spacial score (nSPS) is 17.5. The van der Waals surface area contributed by atoms with Gasteiger partial charge in [0.05, 0.1) is 18.1 Å². The van der Waals surface area contributed by atoms with Gasteiger partial charge in [0.2, 0.25) is 0 Å². The van der Waals surface area contributed by atoms with Gasteiger partial charge in [-0.25, -0.2) is 0 Å². The summed E-state index contributed by atoms with van der Waals surface area (Å²) in [5, 5.41) is 0. The number of nitrogens with zero attached hydrogens (tertiary/aromatic N) is 1. The molecule has 1 aromatic carbocycles. The van der Waals surface area contributed by atoms with Crippen molar-refractivity contribution in [2.75, 3.05) is 26.3 Å². The van der Waals surface area contributed by atoms with E-state index in [0.29, 0.717) is 26.3 Å². The molecule has 7 heteroatoms. The molecule has 2 rings (SSSR count). The zero-order valence-corrected chi connectivity index (χ0v) is 12.9. The molecular weight excluding hydrogens is 294 g/mol. The maximum absolute atomic E-state index is 12.1. The van der Waals surface area contributed by atoms with E-state index in [1.807, 2.05) is 6.92 Å². The maximum Gasteiger partial charge on any atom is 0.297 e. The Morgan fingerprint density at radius 1 is 1.24 bits per heavy atom. The highest BCUT2D eigenvalue weighted by atomic mass is 32.2. The average Bonchev–Trinajstić information content (AvgIpc) is 2.47. The molecule has 1 saturated heterocycles. The second-order valence-electron chi connectivity index (χ2n) is 4.94. The van der Waals surface area contributed by atoms with E-state index in [2.05, 4.69) is 0 Å². The van der Waals surface area contributed by atoms with E-state index in [9.17, 15) is 13.2 Å². The first-order valence-corrected chi connectivity index (χ1v) is 8.17. The van der Waals surface area contributed by atoms with Gasteiger partial charge >= 0.3 is 0 Å². The Balaban J connectivity index is 2.05. The number of amides is 1. The molecule has 1 aliphatic rings. The molecule has 0 bridgehead atoms. The van der Waals surface area contributed by atoms with E-state index in [1.54, 1.807) is 17.0 Å². The minimum absolute atomic E-state index is 0.0507. The van der Waals surface area contributed by atoms with Crippen molar-refractivity contribution in [1.29, 1.82) is 0 Å². The molecule has 0 aromatic heterocycles. The largest absolute Gasteiger partial charge is 0.378 e. The first kappa shape index (κ1) is 15.9. The summed E-state index contributed by atoms with van der Waals surface area (Å²) in [7, 11) is -3.94. The topological polar surface area (TPSA) is 72.9 Å².